The molecule has 0 saturated carbocycles. The van der Waals surface area contributed by atoms with Crippen molar-refractivity contribution in [2.45, 2.75) is 46.7 Å². The monoisotopic (exact) mass is 329 g/mol. The van der Waals surface area contributed by atoms with Crippen LogP contribution in [-0.2, 0) is 6.54 Å². The molecule has 0 spiro atoms. The number of nitrogens with one attached hydrogen (secondary N) is 1. The van der Waals surface area contributed by atoms with Crippen LogP contribution >= 0.6 is 0 Å². The van der Waals surface area contributed by atoms with Crippen LogP contribution in [0.2, 0.25) is 0 Å². The highest BCUT2D eigenvalue weighted by molar-refractivity contribution is 5.74. The molecule has 2 aromatic rings. The van der Waals surface area contributed by atoms with E-state index in [1.54, 1.807) is 18.1 Å². The summed E-state index contributed by atoms with van der Waals surface area (Å²) in [5.74, 6) is 1.62. The molecule has 0 saturated heterocycles. The van der Waals surface area contributed by atoms with Crippen molar-refractivity contribution in [1.82, 2.24) is 15.2 Å². The van der Waals surface area contributed by atoms with Crippen LogP contribution in [0.5, 0.6) is 0 Å². The molecule has 1 N–H and O–H groups in total. The molecule has 0 aliphatic carbocycles. The van der Waals surface area contributed by atoms with E-state index < -0.39 is 0 Å². The minimum Gasteiger partial charge on any atom is -0.464 e. The number of aromatic nitrogens is 1. The van der Waals surface area contributed by atoms with Crippen LogP contribution in [0.15, 0.2) is 41.1 Å². The number of nitrogens with zero attached hydrogens (tertiary/aromatic N) is 2. The van der Waals surface area contributed by atoms with Crippen molar-refractivity contribution in [3.63, 3.8) is 0 Å². The molecule has 0 aliphatic heterocycles. The maximum atomic E-state index is 12.6. The second-order valence-electron chi connectivity index (χ2n) is 7.42. The predicted octanol–water partition coefficient (Wildman–Crippen LogP) is 4.30. The molecule has 5 nitrogen and oxygen atoms in total. The van der Waals surface area contributed by atoms with Crippen molar-refractivity contribution in [3.8, 4) is 0 Å². The van der Waals surface area contributed by atoms with E-state index in [2.05, 4.69) is 31.1 Å². The number of rotatable bonds is 5. The van der Waals surface area contributed by atoms with Crippen molar-refractivity contribution < 1.29 is 9.21 Å². The summed E-state index contributed by atoms with van der Waals surface area (Å²) in [5.41, 5.74) is 1.10. The summed E-state index contributed by atoms with van der Waals surface area (Å²) in [4.78, 5) is 18.4. The molecule has 2 heterocycles. The van der Waals surface area contributed by atoms with E-state index >= 15 is 0 Å². The molecule has 0 bridgehead atoms. The van der Waals surface area contributed by atoms with Gasteiger partial charge in [0.15, 0.2) is 0 Å². The summed E-state index contributed by atoms with van der Waals surface area (Å²) in [6, 6.07) is 7.49. The van der Waals surface area contributed by atoms with Crippen LogP contribution in [0.4, 0.5) is 4.79 Å². The van der Waals surface area contributed by atoms with Gasteiger partial charge in [-0.2, -0.15) is 0 Å². The fraction of sp³-hybridized carbons (Fsp3) is 0.474. The first-order valence-electron chi connectivity index (χ1n) is 8.21. The summed E-state index contributed by atoms with van der Waals surface area (Å²) < 4.78 is 5.54. The lowest BCUT2D eigenvalue weighted by atomic mass is 9.86. The van der Waals surface area contributed by atoms with Crippen LogP contribution < -0.4 is 5.32 Å². The van der Waals surface area contributed by atoms with Crippen molar-refractivity contribution in [3.05, 3.63) is 53.7 Å². The van der Waals surface area contributed by atoms with E-state index in [-0.39, 0.29) is 17.5 Å². The van der Waals surface area contributed by atoms with Gasteiger partial charge in [0.1, 0.15) is 11.5 Å². The molecular formula is C19H27N3O2. The number of amides is 2. The maximum Gasteiger partial charge on any atom is 0.318 e. The molecular weight excluding hydrogens is 302 g/mol. The second-order valence-corrected chi connectivity index (χ2v) is 7.42. The zero-order chi connectivity index (χ0) is 17.7. The fourth-order valence-electron chi connectivity index (χ4n) is 2.58. The Balaban J connectivity index is 2.06. The van der Waals surface area contributed by atoms with Gasteiger partial charge in [0.25, 0.3) is 0 Å². The van der Waals surface area contributed by atoms with Gasteiger partial charge in [0, 0.05) is 19.4 Å². The molecule has 0 aromatic carbocycles. The average molecular weight is 329 g/mol. The number of carbonyl (C=O) groups excluding carboxylic acids is 1. The maximum absolute atomic E-state index is 12.6. The Morgan fingerprint density at radius 1 is 1.33 bits per heavy atom. The summed E-state index contributed by atoms with van der Waals surface area (Å²) in [5, 5.41) is 3.12. The van der Waals surface area contributed by atoms with Crippen molar-refractivity contribution in [2.75, 3.05) is 7.05 Å². The standard InChI is InChI=1S/C19H27N3O2/c1-14-8-9-16(24-14)13-22(5)18(23)21-17(11-19(2,3)4)15-7-6-10-20-12-15/h6-10,12,17H,11,13H2,1-5H3,(H,21,23)/t17-/m1/s1. The molecule has 1 atom stereocenters. The Kier molecular flexibility index (Phi) is 5.65. The SMILES string of the molecule is Cc1ccc(CN(C)C(=O)N[C@H](CC(C)(C)C)c2cccnc2)o1. The summed E-state index contributed by atoms with van der Waals surface area (Å²) in [6.07, 6.45) is 4.38. The zero-order valence-electron chi connectivity index (χ0n) is 15.2. The lowest BCUT2D eigenvalue weighted by Crippen LogP contribution is -2.40. The number of hydrogen-bond donors (Lipinski definition) is 1. The second kappa shape index (κ2) is 7.51. The Morgan fingerprint density at radius 2 is 2.08 bits per heavy atom. The highest BCUT2D eigenvalue weighted by Gasteiger charge is 2.23. The highest BCUT2D eigenvalue weighted by Crippen LogP contribution is 2.29. The summed E-state index contributed by atoms with van der Waals surface area (Å²) in [7, 11) is 1.77. The van der Waals surface area contributed by atoms with E-state index in [1.165, 1.54) is 0 Å². The molecule has 5 heteroatoms. The Morgan fingerprint density at radius 3 is 2.62 bits per heavy atom. The van der Waals surface area contributed by atoms with Crippen LogP contribution in [0.25, 0.3) is 0 Å². The predicted molar refractivity (Wildman–Crippen MR) is 94.5 cm³/mol. The molecule has 2 amide bonds. The van der Waals surface area contributed by atoms with Gasteiger partial charge >= 0.3 is 6.03 Å². The van der Waals surface area contributed by atoms with Crippen molar-refractivity contribution in [1.29, 1.82) is 0 Å². The van der Waals surface area contributed by atoms with Crippen molar-refractivity contribution >= 4 is 6.03 Å². The third-order valence-corrected chi connectivity index (χ3v) is 3.74. The molecule has 0 unspecified atom stereocenters. The normalized spacial score (nSPS) is 12.7. The number of hydrogen-bond acceptors (Lipinski definition) is 3. The minimum absolute atomic E-state index is 0.0769. The van der Waals surface area contributed by atoms with Crippen LogP contribution in [0.1, 0.15) is 50.3 Å². The molecule has 24 heavy (non-hydrogen) atoms. The first-order chi connectivity index (χ1) is 11.2. The van der Waals surface area contributed by atoms with Crippen LogP contribution in [0.3, 0.4) is 0 Å². The average Bonchev–Trinajstić information content (AvgIpc) is 2.91. The number of pyridine rings is 1. The van der Waals surface area contributed by atoms with Crippen LogP contribution in [-0.4, -0.2) is 23.0 Å². The van der Waals surface area contributed by atoms with E-state index in [1.807, 2.05) is 37.4 Å². The first kappa shape index (κ1) is 18.0. The smallest absolute Gasteiger partial charge is 0.318 e. The number of furan rings is 1. The van der Waals surface area contributed by atoms with Gasteiger partial charge < -0.3 is 14.6 Å². The third kappa shape index (κ3) is 5.41. The molecule has 2 rings (SSSR count). The largest absolute Gasteiger partial charge is 0.464 e. The quantitative estimate of drug-likeness (QED) is 0.889. The minimum atomic E-state index is -0.123. The lowest BCUT2D eigenvalue weighted by Gasteiger charge is -2.28. The van der Waals surface area contributed by atoms with Gasteiger partial charge in [-0.05, 0) is 42.5 Å². The summed E-state index contributed by atoms with van der Waals surface area (Å²) in [6.45, 7) is 8.83. The Hall–Kier alpha value is -2.30. The number of aryl methyl sites for hydroxylation is 1. The van der Waals surface area contributed by atoms with E-state index in [4.69, 9.17) is 4.42 Å². The first-order valence-corrected chi connectivity index (χ1v) is 8.21. The van der Waals surface area contributed by atoms with Gasteiger partial charge in [-0.3, -0.25) is 4.98 Å². The molecule has 0 radical (unpaired) electrons. The summed E-state index contributed by atoms with van der Waals surface area (Å²) >= 11 is 0. The van der Waals surface area contributed by atoms with Gasteiger partial charge in [0.2, 0.25) is 0 Å². The molecule has 0 fully saturated rings. The van der Waals surface area contributed by atoms with Gasteiger partial charge in [-0.15, -0.1) is 0 Å². The van der Waals surface area contributed by atoms with E-state index in [9.17, 15) is 4.79 Å². The van der Waals surface area contributed by atoms with Crippen molar-refractivity contribution in [2.24, 2.45) is 5.41 Å². The van der Waals surface area contributed by atoms with Gasteiger partial charge in [-0.1, -0.05) is 26.8 Å². The topological polar surface area (TPSA) is 58.4 Å². The van der Waals surface area contributed by atoms with E-state index in [0.717, 1.165) is 23.5 Å². The molecule has 0 aliphatic rings. The Bertz CT molecular complexity index is 659. The highest BCUT2D eigenvalue weighted by atomic mass is 16.3. The van der Waals surface area contributed by atoms with Crippen LogP contribution in [0, 0.1) is 12.3 Å². The number of urea groups is 1. The Labute approximate surface area is 144 Å². The van der Waals surface area contributed by atoms with E-state index in [0.29, 0.717) is 6.54 Å². The van der Waals surface area contributed by atoms with Gasteiger partial charge in [0.05, 0.1) is 12.6 Å². The third-order valence-electron chi connectivity index (χ3n) is 3.74. The molecule has 130 valence electrons. The lowest BCUT2D eigenvalue weighted by molar-refractivity contribution is 0.193. The molecule has 2 aromatic heterocycles. The zero-order valence-corrected chi connectivity index (χ0v) is 15.2. The van der Waals surface area contributed by atoms with Gasteiger partial charge in [-0.25, -0.2) is 4.79 Å². The number of carbonyl (C=O) groups is 1. The fourth-order valence-corrected chi connectivity index (χ4v) is 2.58.